The number of phosphoric ester groups is 8. The molecule has 824 valence electrons. The van der Waals surface area contributed by atoms with Gasteiger partial charge in [-0.3, -0.25) is 73.6 Å². The van der Waals surface area contributed by atoms with E-state index in [-0.39, 0.29) is 59.4 Å². The van der Waals surface area contributed by atoms with E-state index in [1.54, 1.807) is 13.8 Å². The zero-order chi connectivity index (χ0) is 108. The highest BCUT2D eigenvalue weighted by Crippen LogP contribution is 2.63. The largest absolute Gasteiger partial charge is 0.756 e. The molecule has 42 atom stereocenters. The van der Waals surface area contributed by atoms with E-state index in [2.05, 4.69) is 152 Å². The SMILES string of the molecule is C=C1NC(=O)C(C)=CN1[C@H]1C[C@@H](O)[C@@H](COP(=O)(O)OP(=O)([O-])O[C@H]2OC(CO)[C@@H](S)[C@H](O)C2O)O1.C=C1NC(=O)C(C)=CN1[C@H]1C[C@@H](O)[C@@H](COP(=O)(O)OP(=O)([O-])O[C@H]2OC(CS)[C@@H](O)[C@H](O)C2O)O1.C=C1NC(=O)C=CN1[C@@H]1O[C@H](COP(=O)(O)OP(=O)([O-])O[C@H]2OC(CO)[C@@H](S)[C@H](O)C2O)[C@H](O)C1O.C=C1NC(=O)C=CN1[C@@H]1O[C@H](COP(=O)(O)OP(=O)([O-])O[C@H]2OC(CS)[C@@H](O)[C@H](O)C2O)[C@H](O)C1O. The molecule has 0 spiro atoms. The number of carbonyl (C=O) groups excluding carboxylic acids is 4. The maximum absolute atomic E-state index is 12.2. The number of rotatable bonds is 36. The number of nitrogens with one attached hydrogen (secondary N) is 4. The van der Waals surface area contributed by atoms with E-state index in [4.69, 9.17) is 37.9 Å². The summed E-state index contributed by atoms with van der Waals surface area (Å²) in [4.78, 5) is 139. The molecular formula is C66H104N8O58P8S4-4. The van der Waals surface area contributed by atoms with Crippen LogP contribution in [0, 0.1) is 0 Å². The van der Waals surface area contributed by atoms with Crippen LogP contribution in [-0.2, 0) is 147 Å². The topological polar surface area (TPSA) is 988 Å². The molecule has 8 saturated heterocycles. The van der Waals surface area contributed by atoms with Crippen LogP contribution in [0.1, 0.15) is 26.7 Å². The van der Waals surface area contributed by atoms with E-state index in [0.717, 1.165) is 12.2 Å². The van der Waals surface area contributed by atoms with Gasteiger partial charge < -0.3 is 210 Å². The summed E-state index contributed by atoms with van der Waals surface area (Å²) >= 11 is 15.6. The van der Waals surface area contributed by atoms with Crippen LogP contribution in [0.25, 0.3) is 0 Å². The van der Waals surface area contributed by atoms with Crippen LogP contribution < -0.4 is 40.8 Å². The molecule has 0 radical (unpaired) electrons. The second kappa shape index (κ2) is 51.2. The molecule has 66 nitrogen and oxygen atoms in total. The molecule has 12 rings (SSSR count). The first-order valence-electron chi connectivity index (χ1n) is 41.1. The van der Waals surface area contributed by atoms with Gasteiger partial charge in [0.15, 0.2) is 37.6 Å². The third kappa shape index (κ3) is 32.8. The maximum atomic E-state index is 12.2. The van der Waals surface area contributed by atoms with E-state index in [0.29, 0.717) is 11.1 Å². The number of ether oxygens (including phenoxy) is 8. The minimum atomic E-state index is -5.75. The Morgan fingerprint density at radius 2 is 0.618 bits per heavy atom. The Kier molecular flexibility index (Phi) is 44.0. The van der Waals surface area contributed by atoms with E-state index < -0.39 is 321 Å². The lowest BCUT2D eigenvalue weighted by atomic mass is 10.0. The summed E-state index contributed by atoms with van der Waals surface area (Å²) in [5, 5.41) is 186. The van der Waals surface area contributed by atoms with Crippen molar-refractivity contribution in [2.75, 3.05) is 51.1 Å². The smallest absolute Gasteiger partial charge is 0.478 e. The molecule has 12 heterocycles. The third-order valence-corrected chi connectivity index (χ3v) is 33.7. The van der Waals surface area contributed by atoms with Gasteiger partial charge >= 0.3 is 31.3 Å². The number of thiol groups is 4. The molecule has 26 N–H and O–H groups in total. The van der Waals surface area contributed by atoms with Crippen LogP contribution >= 0.6 is 113 Å². The Labute approximate surface area is 834 Å². The number of hydrogen-bond acceptors (Lipinski definition) is 62. The van der Waals surface area contributed by atoms with Gasteiger partial charge in [-0.15, -0.1) is 0 Å². The quantitative estimate of drug-likeness (QED) is 0.0205. The molecule has 4 amide bonds. The lowest BCUT2D eigenvalue weighted by Crippen LogP contribution is -2.58. The fourth-order valence-electron chi connectivity index (χ4n) is 14.0. The van der Waals surface area contributed by atoms with Crippen molar-refractivity contribution in [3.63, 3.8) is 0 Å². The average molecular weight is 2310 g/mol. The number of phosphoric acid groups is 8. The van der Waals surface area contributed by atoms with E-state index in [9.17, 15) is 187 Å². The number of aliphatic hydroxyl groups is 18. The fourth-order valence-corrected chi connectivity index (χ4v) is 23.7. The Morgan fingerprint density at radius 3 is 0.889 bits per heavy atom. The van der Waals surface area contributed by atoms with E-state index in [1.807, 2.05) is 0 Å². The van der Waals surface area contributed by atoms with Crippen molar-refractivity contribution in [2.45, 2.75) is 234 Å². The highest BCUT2D eigenvalue weighted by atomic mass is 32.1. The van der Waals surface area contributed by atoms with Crippen molar-refractivity contribution in [3.8, 4) is 0 Å². The molecule has 0 aromatic heterocycles. The summed E-state index contributed by atoms with van der Waals surface area (Å²) in [6, 6.07) is 0. The van der Waals surface area contributed by atoms with Crippen molar-refractivity contribution in [3.05, 3.63) is 97.7 Å². The average Bonchev–Trinajstić information content (AvgIpc) is 1.78. The Hall–Kier alpha value is -3.60. The molecule has 12 aliphatic heterocycles. The van der Waals surface area contributed by atoms with Crippen LogP contribution in [0.2, 0.25) is 0 Å². The minimum Gasteiger partial charge on any atom is -0.756 e. The van der Waals surface area contributed by atoms with Gasteiger partial charge in [-0.25, -0.2) is 35.5 Å². The van der Waals surface area contributed by atoms with Crippen molar-refractivity contribution in [1.82, 2.24) is 40.9 Å². The van der Waals surface area contributed by atoms with E-state index >= 15 is 0 Å². The highest BCUT2D eigenvalue weighted by molar-refractivity contribution is 7.81. The van der Waals surface area contributed by atoms with Crippen LogP contribution in [0.3, 0.4) is 0 Å². The number of nitrogens with zero attached hydrogens (tertiary/aromatic N) is 4. The first-order valence-corrected chi connectivity index (χ1v) is 55.2. The summed E-state index contributed by atoms with van der Waals surface area (Å²) in [6.45, 7) is 12.7. The first kappa shape index (κ1) is 124. The fraction of sp³-hybridized carbons (Fsp3) is 0.697. The number of aliphatic hydroxyl groups excluding tert-OH is 18. The van der Waals surface area contributed by atoms with Crippen LogP contribution in [-0.4, -0.2) is 413 Å². The Bertz CT molecular complexity index is 4800. The zero-order valence-electron chi connectivity index (χ0n) is 73.7. The molecule has 0 aliphatic carbocycles. The maximum Gasteiger partial charge on any atom is 0.478 e. The van der Waals surface area contributed by atoms with Crippen molar-refractivity contribution in [1.29, 1.82) is 0 Å². The van der Waals surface area contributed by atoms with Crippen molar-refractivity contribution in [2.24, 2.45) is 0 Å². The van der Waals surface area contributed by atoms with Gasteiger partial charge in [0, 0.05) is 72.4 Å². The summed E-state index contributed by atoms with van der Waals surface area (Å²) < 4.78 is 192. The molecule has 0 saturated carbocycles. The zero-order valence-corrected chi connectivity index (χ0v) is 84.4. The van der Waals surface area contributed by atoms with E-state index in [1.165, 1.54) is 44.4 Å². The normalized spacial score (nSPS) is 39.7. The van der Waals surface area contributed by atoms with Gasteiger partial charge in [-0.05, 0) is 13.8 Å². The monoisotopic (exact) mass is 2310 g/mol. The van der Waals surface area contributed by atoms with Gasteiger partial charge in [0.25, 0.3) is 54.9 Å². The van der Waals surface area contributed by atoms with Gasteiger partial charge in [0.05, 0.1) is 99.0 Å². The summed E-state index contributed by atoms with van der Waals surface area (Å²) in [5.41, 5.74) is 0.684. The van der Waals surface area contributed by atoms with Gasteiger partial charge in [-0.2, -0.15) is 50.5 Å². The van der Waals surface area contributed by atoms with Crippen molar-refractivity contribution < 1.29 is 278 Å². The first-order chi connectivity index (χ1) is 66.6. The lowest BCUT2D eigenvalue weighted by Gasteiger charge is -2.41. The summed E-state index contributed by atoms with van der Waals surface area (Å²) in [5.74, 6) is -1.75. The Morgan fingerprint density at radius 1 is 0.361 bits per heavy atom. The van der Waals surface area contributed by atoms with Crippen LogP contribution in [0.4, 0.5) is 0 Å². The van der Waals surface area contributed by atoms with Gasteiger partial charge in [0.1, 0.15) is 133 Å². The van der Waals surface area contributed by atoms with Gasteiger partial charge in [-0.1, -0.05) is 26.3 Å². The number of amides is 4. The summed E-state index contributed by atoms with van der Waals surface area (Å²) in [6.07, 6.45) is -42.8. The third-order valence-electron chi connectivity index (χ3n) is 21.4. The standard InChI is InChI=1S/2C17H28N2O14P2S.2C16H26N2O15P2S/c1-7-4-19(8(2)18-16(7)24)12-3-9(21)11(30-12)6-29-34(25,26)33-35(27,28)32-17-14(23)13(22)15(36)10(5-20)31-17;1-7-4-19(8(2)18-16(7)24)12-3-9(20)10(30-12)5-29-34(25,26)33-35(27,28)32-17-15(23)14(22)13(21)11(6-36)31-17;1-6-17-9(20)2-3-18(6)15-12(23)10(21)8(30-15)5-29-34(25,26)33-35(27,28)32-16-13(24)11(22)14(36)7(4-19)31-16;1-6-17-9(19)2-3-18(6)15-13(23)10(20)7(30-15)4-29-34(25,26)33-35(27,28)32-16-14(24)12(22)11(21)8(5-36)31-16/h2*4,9-15,17,20-23,36H,2-3,5-6H2,1H3,(H,18,24)(H,25,26)(H,27,28);2-3,7-8,10-16,19,21-24,36H,1,4-5H2,(H,17,20)(H,25,26)(H,27,28);2-3,7-8,10-16,20-24,36H,1,4-5H2,(H,17,19)(H,25,26)(H,27,28)/p-4/t9-,10?,11-,12-,13-,14?,15-,17-;9-,10-,11?,12-,13-,14+,15?,17-;7?,8-,10+,11-,12?,13?,14-,15-,16-;7-,8?,10+,11-,12+,13?,14?,15-,16-/m1111/s1. The molecule has 18 unspecified atom stereocenters. The number of hydrogen-bond donors (Lipinski definition) is 30. The summed E-state index contributed by atoms with van der Waals surface area (Å²) in [7, 11) is -44.6. The highest BCUT2D eigenvalue weighted by Gasteiger charge is 2.55. The lowest BCUT2D eigenvalue weighted by molar-refractivity contribution is -0.295. The Balaban J connectivity index is 0.000000214. The van der Waals surface area contributed by atoms with Crippen molar-refractivity contribution >= 4 is 137 Å². The van der Waals surface area contributed by atoms with Gasteiger partial charge in [0.2, 0.25) is 0 Å². The second-order valence-electron chi connectivity index (χ2n) is 31.9. The predicted molar refractivity (Wildman–Crippen MR) is 467 cm³/mol. The van der Waals surface area contributed by atoms with Crippen LogP contribution in [0.5, 0.6) is 0 Å². The predicted octanol–water partition coefficient (Wildman–Crippen LogP) is -12.3. The number of carbonyl (C=O) groups is 4. The molecule has 0 aromatic rings. The molecule has 144 heavy (non-hydrogen) atoms. The molecule has 0 aromatic carbocycles. The molecule has 78 heteroatoms. The minimum absolute atomic E-state index is 0.00540. The van der Waals surface area contributed by atoms with Crippen LogP contribution in [0.15, 0.2) is 97.7 Å². The molecule has 0 bridgehead atoms. The molecule has 8 fully saturated rings. The molecule has 12 aliphatic rings. The second-order valence-corrected chi connectivity index (χ2v) is 45.6. The molecular weight excluding hydrogens is 2210 g/mol.